The van der Waals surface area contributed by atoms with Crippen LogP contribution in [0.5, 0.6) is 0 Å². The standard InChI is InChI=1S/C20H16N2O2S/c1-13-7-9-15(10-8-13)19-17(11-18(23)24)25-20-21-16(12-22(19)20)14-5-3-2-4-6-14/h2-10,12H,11H2,1H3,(H,23,24). The fourth-order valence-corrected chi connectivity index (χ4v) is 4.02. The van der Waals surface area contributed by atoms with E-state index in [1.54, 1.807) is 0 Å². The number of benzene rings is 2. The van der Waals surface area contributed by atoms with Crippen molar-refractivity contribution in [2.75, 3.05) is 0 Å². The molecule has 2 heterocycles. The number of imidazole rings is 1. The number of aliphatic carboxylic acids is 1. The summed E-state index contributed by atoms with van der Waals surface area (Å²) in [7, 11) is 0. The number of thiazole rings is 1. The Balaban J connectivity index is 1.91. The molecule has 0 bridgehead atoms. The van der Waals surface area contributed by atoms with Gasteiger partial charge in [0.1, 0.15) is 0 Å². The third kappa shape index (κ3) is 2.94. The Hall–Kier alpha value is -2.92. The molecule has 4 rings (SSSR count). The van der Waals surface area contributed by atoms with Crippen LogP contribution in [0.2, 0.25) is 0 Å². The smallest absolute Gasteiger partial charge is 0.308 e. The van der Waals surface area contributed by atoms with Crippen LogP contribution < -0.4 is 0 Å². The van der Waals surface area contributed by atoms with Gasteiger partial charge in [0.15, 0.2) is 4.96 Å². The van der Waals surface area contributed by atoms with Gasteiger partial charge in [-0.3, -0.25) is 9.20 Å². The molecule has 4 aromatic rings. The molecule has 1 N–H and O–H groups in total. The van der Waals surface area contributed by atoms with Crippen LogP contribution in [0, 0.1) is 6.92 Å². The molecule has 0 amide bonds. The maximum atomic E-state index is 11.3. The molecule has 0 aliphatic carbocycles. The van der Waals surface area contributed by atoms with Crippen LogP contribution in [0.15, 0.2) is 60.8 Å². The summed E-state index contributed by atoms with van der Waals surface area (Å²) in [6.07, 6.45) is 1.99. The molecule has 0 saturated carbocycles. The van der Waals surface area contributed by atoms with E-state index in [1.165, 1.54) is 16.9 Å². The third-order valence-corrected chi connectivity index (χ3v) is 5.15. The number of fused-ring (bicyclic) bond motifs is 1. The Morgan fingerprint density at radius 3 is 2.48 bits per heavy atom. The molecule has 0 aliphatic rings. The van der Waals surface area contributed by atoms with Gasteiger partial charge in [-0.25, -0.2) is 4.98 Å². The average Bonchev–Trinajstić information content (AvgIpc) is 3.14. The summed E-state index contributed by atoms with van der Waals surface area (Å²) in [6, 6.07) is 18.1. The van der Waals surface area contributed by atoms with Gasteiger partial charge in [-0.05, 0) is 12.5 Å². The van der Waals surface area contributed by atoms with Crippen LogP contribution in [0.1, 0.15) is 10.4 Å². The molecule has 0 fully saturated rings. The van der Waals surface area contributed by atoms with Crippen molar-refractivity contribution in [3.8, 4) is 22.5 Å². The van der Waals surface area contributed by atoms with Crippen molar-refractivity contribution in [1.29, 1.82) is 0 Å². The van der Waals surface area contributed by atoms with Gasteiger partial charge in [-0.2, -0.15) is 0 Å². The maximum Gasteiger partial charge on any atom is 0.308 e. The lowest BCUT2D eigenvalue weighted by molar-refractivity contribution is -0.136. The Bertz CT molecular complexity index is 1050. The SMILES string of the molecule is Cc1ccc(-c2c(CC(=O)O)sc3nc(-c4ccccc4)cn23)cc1. The first-order valence-corrected chi connectivity index (χ1v) is 8.78. The number of hydrogen-bond donors (Lipinski definition) is 1. The van der Waals surface area contributed by atoms with Gasteiger partial charge < -0.3 is 5.11 Å². The van der Waals surface area contributed by atoms with Crippen molar-refractivity contribution in [3.63, 3.8) is 0 Å². The van der Waals surface area contributed by atoms with Crippen LogP contribution >= 0.6 is 11.3 Å². The lowest BCUT2D eigenvalue weighted by Gasteiger charge is -2.04. The van der Waals surface area contributed by atoms with Gasteiger partial charge in [-0.15, -0.1) is 11.3 Å². The molecule has 25 heavy (non-hydrogen) atoms. The highest BCUT2D eigenvalue weighted by atomic mass is 32.1. The van der Waals surface area contributed by atoms with E-state index >= 15 is 0 Å². The highest BCUT2D eigenvalue weighted by Gasteiger charge is 2.18. The minimum Gasteiger partial charge on any atom is -0.481 e. The number of carbonyl (C=O) groups is 1. The molecule has 124 valence electrons. The second-order valence-electron chi connectivity index (χ2n) is 5.96. The number of aromatic nitrogens is 2. The van der Waals surface area contributed by atoms with Gasteiger partial charge in [-0.1, -0.05) is 60.2 Å². The summed E-state index contributed by atoms with van der Waals surface area (Å²) in [5.74, 6) is -0.832. The van der Waals surface area contributed by atoms with Crippen molar-refractivity contribution in [3.05, 3.63) is 71.2 Å². The summed E-state index contributed by atoms with van der Waals surface area (Å²) in [5, 5.41) is 9.25. The van der Waals surface area contributed by atoms with Crippen LogP contribution in [0.4, 0.5) is 0 Å². The molecule has 0 saturated heterocycles. The fraction of sp³-hybridized carbons (Fsp3) is 0.100. The van der Waals surface area contributed by atoms with Crippen molar-refractivity contribution >= 4 is 22.3 Å². The van der Waals surface area contributed by atoms with E-state index in [-0.39, 0.29) is 6.42 Å². The molecule has 5 heteroatoms. The minimum atomic E-state index is -0.832. The topological polar surface area (TPSA) is 54.6 Å². The van der Waals surface area contributed by atoms with Crippen LogP contribution in [-0.2, 0) is 11.2 Å². The number of nitrogens with zero attached hydrogens (tertiary/aromatic N) is 2. The molecule has 2 aromatic carbocycles. The molecule has 0 spiro atoms. The normalized spacial score (nSPS) is 11.1. The van der Waals surface area contributed by atoms with Crippen LogP contribution in [0.25, 0.3) is 27.5 Å². The predicted octanol–water partition coefficient (Wildman–Crippen LogP) is 4.67. The van der Waals surface area contributed by atoms with Crippen molar-refractivity contribution < 1.29 is 9.90 Å². The number of rotatable bonds is 4. The van der Waals surface area contributed by atoms with Gasteiger partial charge in [0.25, 0.3) is 0 Å². The summed E-state index contributed by atoms with van der Waals surface area (Å²) in [5.41, 5.74) is 5.03. The molecular formula is C20H16N2O2S. The molecule has 0 unspecified atom stereocenters. The van der Waals surface area contributed by atoms with Crippen molar-refractivity contribution in [2.45, 2.75) is 13.3 Å². The summed E-state index contributed by atoms with van der Waals surface area (Å²) < 4.78 is 2.01. The lowest BCUT2D eigenvalue weighted by Crippen LogP contribution is -2.00. The van der Waals surface area contributed by atoms with Crippen LogP contribution in [0.3, 0.4) is 0 Å². The second-order valence-corrected chi connectivity index (χ2v) is 7.02. The summed E-state index contributed by atoms with van der Waals surface area (Å²) in [6.45, 7) is 2.04. The maximum absolute atomic E-state index is 11.3. The van der Waals surface area contributed by atoms with Crippen LogP contribution in [-0.4, -0.2) is 20.5 Å². The number of carboxylic acids is 1. The third-order valence-electron chi connectivity index (χ3n) is 4.10. The van der Waals surface area contributed by atoms with E-state index in [4.69, 9.17) is 4.98 Å². The average molecular weight is 348 g/mol. The Morgan fingerprint density at radius 1 is 1.08 bits per heavy atom. The van der Waals surface area contributed by atoms with Crippen molar-refractivity contribution in [2.24, 2.45) is 0 Å². The first kappa shape index (κ1) is 15.6. The fourth-order valence-electron chi connectivity index (χ4n) is 2.91. The molecular weight excluding hydrogens is 332 g/mol. The zero-order chi connectivity index (χ0) is 17.4. The number of aryl methyl sites for hydroxylation is 1. The van der Waals surface area contributed by atoms with Gasteiger partial charge >= 0.3 is 5.97 Å². The molecule has 0 atom stereocenters. The summed E-state index contributed by atoms with van der Waals surface area (Å²) in [4.78, 5) is 17.6. The molecule has 0 aliphatic heterocycles. The van der Waals surface area contributed by atoms with E-state index in [2.05, 4.69) is 0 Å². The Labute approximate surface area is 149 Å². The zero-order valence-electron chi connectivity index (χ0n) is 13.6. The first-order valence-electron chi connectivity index (χ1n) is 7.97. The van der Waals surface area contributed by atoms with Gasteiger partial charge in [0.05, 0.1) is 17.8 Å². The van der Waals surface area contributed by atoms with E-state index in [1.807, 2.05) is 72.1 Å². The van der Waals surface area contributed by atoms with Gasteiger partial charge in [0.2, 0.25) is 0 Å². The first-order chi connectivity index (χ1) is 12.1. The predicted molar refractivity (Wildman–Crippen MR) is 100 cm³/mol. The largest absolute Gasteiger partial charge is 0.481 e. The number of hydrogen-bond acceptors (Lipinski definition) is 3. The van der Waals surface area contributed by atoms with Crippen molar-refractivity contribution in [1.82, 2.24) is 9.38 Å². The monoisotopic (exact) mass is 348 g/mol. The van der Waals surface area contributed by atoms with Gasteiger partial charge in [0, 0.05) is 16.6 Å². The van der Waals surface area contributed by atoms with E-state index in [0.717, 1.165) is 32.4 Å². The second kappa shape index (κ2) is 6.18. The Morgan fingerprint density at radius 2 is 1.80 bits per heavy atom. The quantitative estimate of drug-likeness (QED) is 0.583. The number of carboxylic acid groups (broad SMARTS) is 1. The van der Waals surface area contributed by atoms with E-state index < -0.39 is 5.97 Å². The molecule has 0 radical (unpaired) electrons. The zero-order valence-corrected chi connectivity index (χ0v) is 14.5. The lowest BCUT2D eigenvalue weighted by atomic mass is 10.1. The Kier molecular flexibility index (Phi) is 3.86. The summed E-state index contributed by atoms with van der Waals surface area (Å²) >= 11 is 1.44. The molecule has 4 nitrogen and oxygen atoms in total. The highest BCUT2D eigenvalue weighted by molar-refractivity contribution is 7.17. The minimum absolute atomic E-state index is 0.00208. The highest BCUT2D eigenvalue weighted by Crippen LogP contribution is 2.34. The van der Waals surface area contributed by atoms with E-state index in [0.29, 0.717) is 0 Å². The van der Waals surface area contributed by atoms with E-state index in [9.17, 15) is 9.90 Å². The molecule has 2 aromatic heterocycles.